The van der Waals surface area contributed by atoms with Crippen LogP contribution in [0.25, 0.3) is 6.08 Å². The van der Waals surface area contributed by atoms with E-state index < -0.39 is 18.0 Å². The molecule has 1 aromatic heterocycles. The number of hydrogen-bond donors (Lipinski definition) is 0. The van der Waals surface area contributed by atoms with Crippen molar-refractivity contribution in [1.82, 2.24) is 4.57 Å². The van der Waals surface area contributed by atoms with Crippen LogP contribution < -0.4 is 29.1 Å². The summed E-state index contributed by atoms with van der Waals surface area (Å²) < 4.78 is 31.0. The van der Waals surface area contributed by atoms with Gasteiger partial charge in [0.15, 0.2) is 28.7 Å². The summed E-state index contributed by atoms with van der Waals surface area (Å²) in [6.07, 6.45) is 1.72. The summed E-state index contributed by atoms with van der Waals surface area (Å²) in [6, 6.07) is 15.4. The summed E-state index contributed by atoms with van der Waals surface area (Å²) in [5, 5.41) is 0.363. The van der Waals surface area contributed by atoms with E-state index in [1.165, 1.54) is 23.0 Å². The fraction of sp³-hybridized carbons (Fsp3) is 0.257. The highest BCUT2D eigenvalue weighted by atomic mass is 79.9. The molecule has 0 saturated heterocycles. The summed E-state index contributed by atoms with van der Waals surface area (Å²) in [5.74, 6) is -0.0548. The van der Waals surface area contributed by atoms with Gasteiger partial charge >= 0.3 is 11.9 Å². The van der Waals surface area contributed by atoms with Gasteiger partial charge in [0.1, 0.15) is 6.61 Å². The van der Waals surface area contributed by atoms with Crippen molar-refractivity contribution < 1.29 is 33.3 Å². The van der Waals surface area contributed by atoms with Crippen molar-refractivity contribution >= 4 is 72.8 Å². The van der Waals surface area contributed by atoms with E-state index in [1.54, 1.807) is 51.1 Å². The number of esters is 2. The SMILES string of the molecule is CCOC(=O)C1=C(C)N=c2s/c(=C\c3cc(Cl)c(OCc4ccc(Br)cc4)c(Br)c3)c(=O)n2[C@@H]1c1ccc(OCC(=O)OC)c(OCC)c1. The molecule has 2 heterocycles. The van der Waals surface area contributed by atoms with Crippen molar-refractivity contribution in [3.63, 3.8) is 0 Å². The third-order valence-electron chi connectivity index (χ3n) is 7.29. The van der Waals surface area contributed by atoms with Crippen molar-refractivity contribution in [2.75, 3.05) is 26.9 Å². The quantitative estimate of drug-likeness (QED) is 0.149. The number of allylic oxidation sites excluding steroid dienone is 1. The van der Waals surface area contributed by atoms with Gasteiger partial charge in [-0.2, -0.15) is 0 Å². The van der Waals surface area contributed by atoms with E-state index in [0.29, 0.717) is 66.1 Å². The molecule has 0 aliphatic carbocycles. The van der Waals surface area contributed by atoms with Crippen molar-refractivity contribution in [1.29, 1.82) is 0 Å². The first-order chi connectivity index (χ1) is 23.5. The molecule has 1 aliphatic heterocycles. The second-order valence-electron chi connectivity index (χ2n) is 10.5. The number of halogens is 3. The highest BCUT2D eigenvalue weighted by Crippen LogP contribution is 2.37. The third kappa shape index (κ3) is 8.29. The van der Waals surface area contributed by atoms with E-state index in [9.17, 15) is 14.4 Å². The number of methoxy groups -OCH3 is 1. The van der Waals surface area contributed by atoms with Gasteiger partial charge in [-0.25, -0.2) is 14.6 Å². The molecule has 14 heteroatoms. The maximum Gasteiger partial charge on any atom is 0.343 e. The minimum absolute atomic E-state index is 0.135. The molecule has 4 aromatic rings. The molecular weight excluding hydrogens is 804 g/mol. The fourth-order valence-electron chi connectivity index (χ4n) is 5.07. The number of aromatic nitrogens is 1. The minimum Gasteiger partial charge on any atom is -0.490 e. The molecule has 1 aliphatic rings. The highest BCUT2D eigenvalue weighted by Gasteiger charge is 2.34. The van der Waals surface area contributed by atoms with Crippen molar-refractivity contribution in [3.8, 4) is 17.2 Å². The molecule has 0 spiro atoms. The number of fused-ring (bicyclic) bond motifs is 1. The lowest BCUT2D eigenvalue weighted by atomic mass is 9.95. The van der Waals surface area contributed by atoms with E-state index in [0.717, 1.165) is 10.0 Å². The van der Waals surface area contributed by atoms with Gasteiger partial charge < -0.3 is 23.7 Å². The van der Waals surface area contributed by atoms with Crippen LogP contribution in [0, 0.1) is 0 Å². The Bertz CT molecular complexity index is 2090. The van der Waals surface area contributed by atoms with E-state index in [4.69, 9.17) is 30.5 Å². The Balaban J connectivity index is 1.56. The van der Waals surface area contributed by atoms with Gasteiger partial charge in [-0.3, -0.25) is 9.36 Å². The van der Waals surface area contributed by atoms with Crippen LogP contribution >= 0.6 is 54.8 Å². The molecule has 5 rings (SSSR count). The number of hydrogen-bond acceptors (Lipinski definition) is 10. The zero-order chi connectivity index (χ0) is 35.2. The van der Waals surface area contributed by atoms with E-state index >= 15 is 0 Å². The van der Waals surface area contributed by atoms with Crippen LogP contribution in [0.1, 0.15) is 43.5 Å². The van der Waals surface area contributed by atoms with Crippen LogP contribution in [0.15, 0.2) is 84.6 Å². The summed E-state index contributed by atoms with van der Waals surface area (Å²) in [6.45, 7) is 5.64. The highest BCUT2D eigenvalue weighted by molar-refractivity contribution is 9.10. The monoisotopic (exact) mass is 832 g/mol. The molecule has 3 aromatic carbocycles. The third-order valence-corrected chi connectivity index (χ3v) is 9.67. The normalized spacial score (nSPS) is 14.2. The average Bonchev–Trinajstić information content (AvgIpc) is 3.37. The second-order valence-corrected chi connectivity index (χ2v) is 13.7. The fourth-order valence-corrected chi connectivity index (χ4v) is 7.37. The van der Waals surface area contributed by atoms with E-state index in [-0.39, 0.29) is 24.3 Å². The molecule has 0 amide bonds. The Kier molecular flexibility index (Phi) is 12.0. The van der Waals surface area contributed by atoms with Crippen LogP contribution in [-0.2, 0) is 25.7 Å². The van der Waals surface area contributed by atoms with Crippen LogP contribution in [0.5, 0.6) is 17.2 Å². The lowest BCUT2D eigenvalue weighted by molar-refractivity contribution is -0.143. The Morgan fingerprint density at radius 1 is 1.00 bits per heavy atom. The zero-order valence-electron chi connectivity index (χ0n) is 26.9. The van der Waals surface area contributed by atoms with Crippen LogP contribution in [-0.4, -0.2) is 43.4 Å². The number of carbonyl (C=O) groups excluding carboxylic acids is 2. The molecule has 1 atom stereocenters. The topological polar surface area (TPSA) is 115 Å². The average molecular weight is 835 g/mol. The largest absolute Gasteiger partial charge is 0.490 e. The van der Waals surface area contributed by atoms with Crippen molar-refractivity contribution in [2.24, 2.45) is 4.99 Å². The first kappa shape index (κ1) is 36.4. The van der Waals surface area contributed by atoms with Gasteiger partial charge in [-0.1, -0.05) is 57.1 Å². The van der Waals surface area contributed by atoms with Crippen LogP contribution in [0.3, 0.4) is 0 Å². The van der Waals surface area contributed by atoms with Gasteiger partial charge in [-0.05, 0) is 95.9 Å². The molecule has 0 fully saturated rings. The summed E-state index contributed by atoms with van der Waals surface area (Å²) in [4.78, 5) is 44.3. The van der Waals surface area contributed by atoms with Crippen LogP contribution in [0.2, 0.25) is 5.02 Å². The van der Waals surface area contributed by atoms with E-state index in [2.05, 4.69) is 41.6 Å². The number of rotatable bonds is 12. The molecule has 0 radical (unpaired) electrons. The molecule has 0 N–H and O–H groups in total. The summed E-state index contributed by atoms with van der Waals surface area (Å²) in [5.41, 5.74) is 2.44. The summed E-state index contributed by atoms with van der Waals surface area (Å²) >= 11 is 14.8. The Morgan fingerprint density at radius 2 is 1.76 bits per heavy atom. The van der Waals surface area contributed by atoms with Gasteiger partial charge in [0.2, 0.25) is 0 Å². The standard InChI is InChI=1S/C35H31Br2ClN2O8S/c1-5-45-27-16-22(9-12-26(27)47-18-29(41)44-4)31-30(34(43)46-6-2)19(3)39-35-40(31)33(42)28(49-35)15-21-13-24(37)32(25(38)14-21)48-17-20-7-10-23(36)11-8-20/h7-16,31H,5-6,17-18H2,1-4H3/b28-15-/t31-/m1/s1. The predicted octanol–water partition coefficient (Wildman–Crippen LogP) is 6.51. The van der Waals surface area contributed by atoms with Crippen LogP contribution in [0.4, 0.5) is 0 Å². The number of benzene rings is 3. The molecule has 256 valence electrons. The Labute approximate surface area is 307 Å². The Morgan fingerprint density at radius 3 is 2.43 bits per heavy atom. The molecule has 10 nitrogen and oxygen atoms in total. The molecule has 0 bridgehead atoms. The molecular formula is C35H31Br2ClN2O8S. The zero-order valence-corrected chi connectivity index (χ0v) is 31.6. The molecule has 0 unspecified atom stereocenters. The van der Waals surface area contributed by atoms with Gasteiger partial charge in [0, 0.05) is 4.47 Å². The van der Waals surface area contributed by atoms with Crippen molar-refractivity contribution in [3.05, 3.63) is 116 Å². The summed E-state index contributed by atoms with van der Waals surface area (Å²) in [7, 11) is 1.27. The van der Waals surface area contributed by atoms with Crippen molar-refractivity contribution in [2.45, 2.75) is 33.4 Å². The molecule has 49 heavy (non-hydrogen) atoms. The maximum absolute atomic E-state index is 14.2. The maximum atomic E-state index is 14.2. The van der Waals surface area contributed by atoms with E-state index in [1.807, 2.05) is 30.3 Å². The number of nitrogens with zero attached hydrogens (tertiary/aromatic N) is 2. The van der Waals surface area contributed by atoms with Gasteiger partial charge in [0.25, 0.3) is 5.56 Å². The van der Waals surface area contributed by atoms with Gasteiger partial charge in [-0.15, -0.1) is 0 Å². The number of ether oxygens (including phenoxy) is 5. The van der Waals surface area contributed by atoms with Gasteiger partial charge in [0.05, 0.1) is 51.7 Å². The lowest BCUT2D eigenvalue weighted by Gasteiger charge is -2.25. The number of carbonyl (C=O) groups is 2. The Hall–Kier alpha value is -3.91. The number of thiazole rings is 1. The predicted molar refractivity (Wildman–Crippen MR) is 193 cm³/mol. The first-order valence-corrected chi connectivity index (χ1v) is 17.8. The molecule has 0 saturated carbocycles. The lowest BCUT2D eigenvalue weighted by Crippen LogP contribution is -2.40. The first-order valence-electron chi connectivity index (χ1n) is 15.1. The second kappa shape index (κ2) is 16.2. The minimum atomic E-state index is -0.893. The smallest absolute Gasteiger partial charge is 0.343 e.